The lowest BCUT2D eigenvalue weighted by Crippen LogP contribution is -2.07. The standard InChI is InChI=1S/C23H23NO4/c1-15-6-7-16(2)24(15)19-5-3-4-17(10-19)13-27-20-8-9-21-18(11-23(25)26)14-28-22(21)12-20/h3-10,12,18H,11,13-14H2,1-2H3,(H,25,26). The zero-order valence-electron chi connectivity index (χ0n) is 16.0. The van der Waals surface area contributed by atoms with E-state index in [1.165, 1.54) is 11.4 Å². The maximum absolute atomic E-state index is 11.0. The van der Waals surface area contributed by atoms with Crippen LogP contribution in [0.2, 0.25) is 0 Å². The van der Waals surface area contributed by atoms with Gasteiger partial charge in [0.05, 0.1) is 13.0 Å². The van der Waals surface area contributed by atoms with Crippen LogP contribution in [-0.4, -0.2) is 22.2 Å². The van der Waals surface area contributed by atoms with E-state index in [9.17, 15) is 4.79 Å². The minimum atomic E-state index is -0.810. The van der Waals surface area contributed by atoms with Crippen molar-refractivity contribution in [1.29, 1.82) is 0 Å². The first kappa shape index (κ1) is 18.2. The van der Waals surface area contributed by atoms with E-state index < -0.39 is 5.97 Å². The Balaban J connectivity index is 1.47. The number of ether oxygens (including phenoxy) is 2. The number of carboxylic acid groups (broad SMARTS) is 1. The van der Waals surface area contributed by atoms with Crippen molar-refractivity contribution in [2.45, 2.75) is 32.8 Å². The second kappa shape index (κ2) is 7.43. The summed E-state index contributed by atoms with van der Waals surface area (Å²) < 4.78 is 13.8. The molecule has 0 aliphatic carbocycles. The van der Waals surface area contributed by atoms with Crippen LogP contribution in [0.5, 0.6) is 11.5 Å². The van der Waals surface area contributed by atoms with E-state index >= 15 is 0 Å². The van der Waals surface area contributed by atoms with Gasteiger partial charge < -0.3 is 19.1 Å². The Morgan fingerprint density at radius 1 is 1.14 bits per heavy atom. The van der Waals surface area contributed by atoms with Crippen molar-refractivity contribution in [3.05, 3.63) is 77.1 Å². The Bertz CT molecular complexity index is 1000. The Labute approximate surface area is 164 Å². The number of aryl methyl sites for hydroxylation is 2. The van der Waals surface area contributed by atoms with E-state index in [4.69, 9.17) is 14.6 Å². The Morgan fingerprint density at radius 3 is 2.68 bits per heavy atom. The molecule has 2 aromatic carbocycles. The fraction of sp³-hybridized carbons (Fsp3) is 0.261. The predicted octanol–water partition coefficient (Wildman–Crippen LogP) is 4.62. The van der Waals surface area contributed by atoms with Gasteiger partial charge in [0.15, 0.2) is 0 Å². The smallest absolute Gasteiger partial charge is 0.304 e. The summed E-state index contributed by atoms with van der Waals surface area (Å²) in [5, 5.41) is 9.01. The van der Waals surface area contributed by atoms with Crippen molar-refractivity contribution in [2.75, 3.05) is 6.61 Å². The molecular formula is C23H23NO4. The van der Waals surface area contributed by atoms with Gasteiger partial charge in [-0.3, -0.25) is 4.79 Å². The maximum atomic E-state index is 11.0. The average Bonchev–Trinajstić information content (AvgIpc) is 3.22. The fourth-order valence-corrected chi connectivity index (χ4v) is 3.75. The van der Waals surface area contributed by atoms with E-state index in [0.29, 0.717) is 19.0 Å². The Hall–Kier alpha value is -3.21. The third-order valence-electron chi connectivity index (χ3n) is 5.13. The molecular weight excluding hydrogens is 354 g/mol. The SMILES string of the molecule is Cc1ccc(C)n1-c1cccc(COc2ccc3c(c2)OCC3CC(=O)O)c1. The van der Waals surface area contributed by atoms with E-state index in [1.54, 1.807) is 0 Å². The molecule has 1 atom stereocenters. The van der Waals surface area contributed by atoms with E-state index in [1.807, 2.05) is 30.3 Å². The molecule has 2 heterocycles. The van der Waals surface area contributed by atoms with Gasteiger partial charge in [0.1, 0.15) is 18.1 Å². The summed E-state index contributed by atoms with van der Waals surface area (Å²) in [6.45, 7) is 5.05. The van der Waals surface area contributed by atoms with Gasteiger partial charge in [0.25, 0.3) is 0 Å². The average molecular weight is 377 g/mol. The van der Waals surface area contributed by atoms with Gasteiger partial charge in [0.2, 0.25) is 0 Å². The lowest BCUT2D eigenvalue weighted by Gasteiger charge is -2.12. The summed E-state index contributed by atoms with van der Waals surface area (Å²) in [5.41, 5.74) is 5.53. The molecule has 144 valence electrons. The summed E-state index contributed by atoms with van der Waals surface area (Å²) in [6, 6.07) is 18.2. The number of carboxylic acids is 1. The topological polar surface area (TPSA) is 60.7 Å². The quantitative estimate of drug-likeness (QED) is 0.681. The molecule has 4 rings (SSSR count). The minimum Gasteiger partial charge on any atom is -0.492 e. The molecule has 0 saturated heterocycles. The highest BCUT2D eigenvalue weighted by molar-refractivity contribution is 5.68. The van der Waals surface area contributed by atoms with Crippen LogP contribution in [0, 0.1) is 13.8 Å². The third-order valence-corrected chi connectivity index (χ3v) is 5.13. The predicted molar refractivity (Wildman–Crippen MR) is 107 cm³/mol. The highest BCUT2D eigenvalue weighted by Gasteiger charge is 2.26. The monoisotopic (exact) mass is 377 g/mol. The van der Waals surface area contributed by atoms with Crippen molar-refractivity contribution in [3.8, 4) is 17.2 Å². The van der Waals surface area contributed by atoms with Crippen LogP contribution < -0.4 is 9.47 Å². The maximum Gasteiger partial charge on any atom is 0.304 e. The lowest BCUT2D eigenvalue weighted by molar-refractivity contribution is -0.137. The zero-order valence-corrected chi connectivity index (χ0v) is 16.0. The van der Waals surface area contributed by atoms with Gasteiger partial charge in [-0.25, -0.2) is 0 Å². The number of aromatic nitrogens is 1. The lowest BCUT2D eigenvalue weighted by atomic mass is 9.98. The van der Waals surface area contributed by atoms with E-state index in [0.717, 1.165) is 22.6 Å². The van der Waals surface area contributed by atoms with Crippen LogP contribution >= 0.6 is 0 Å². The van der Waals surface area contributed by atoms with Crippen LogP contribution in [0.3, 0.4) is 0 Å². The number of benzene rings is 2. The van der Waals surface area contributed by atoms with Gasteiger partial charge in [0, 0.05) is 34.6 Å². The van der Waals surface area contributed by atoms with E-state index in [-0.39, 0.29) is 12.3 Å². The molecule has 0 bridgehead atoms. The molecule has 0 radical (unpaired) electrons. The van der Waals surface area contributed by atoms with Crippen LogP contribution in [0.25, 0.3) is 5.69 Å². The number of fused-ring (bicyclic) bond motifs is 1. The molecule has 0 saturated carbocycles. The summed E-state index contributed by atoms with van der Waals surface area (Å²) in [6.07, 6.45) is 0.0816. The number of hydrogen-bond donors (Lipinski definition) is 1. The molecule has 0 spiro atoms. The van der Waals surface area contributed by atoms with Crippen molar-refractivity contribution >= 4 is 5.97 Å². The number of nitrogens with zero attached hydrogens (tertiary/aromatic N) is 1. The molecule has 1 aliphatic heterocycles. The van der Waals surface area contributed by atoms with Gasteiger partial charge >= 0.3 is 5.97 Å². The number of aliphatic carboxylic acids is 1. The fourth-order valence-electron chi connectivity index (χ4n) is 3.75. The molecule has 1 aliphatic rings. The molecule has 5 heteroatoms. The van der Waals surface area contributed by atoms with E-state index in [2.05, 4.69) is 42.7 Å². The number of hydrogen-bond acceptors (Lipinski definition) is 3. The van der Waals surface area contributed by atoms with Crippen molar-refractivity contribution < 1.29 is 19.4 Å². The van der Waals surface area contributed by atoms with Crippen LogP contribution in [0.4, 0.5) is 0 Å². The zero-order chi connectivity index (χ0) is 19.7. The summed E-state index contributed by atoms with van der Waals surface area (Å²) in [7, 11) is 0. The van der Waals surface area contributed by atoms with Crippen LogP contribution in [0.15, 0.2) is 54.6 Å². The molecule has 5 nitrogen and oxygen atoms in total. The van der Waals surface area contributed by atoms with Gasteiger partial charge in [-0.05, 0) is 49.7 Å². The minimum absolute atomic E-state index is 0.0816. The van der Waals surface area contributed by atoms with Crippen molar-refractivity contribution in [3.63, 3.8) is 0 Å². The Morgan fingerprint density at radius 2 is 1.93 bits per heavy atom. The van der Waals surface area contributed by atoms with Crippen LogP contribution in [-0.2, 0) is 11.4 Å². The highest BCUT2D eigenvalue weighted by atomic mass is 16.5. The molecule has 0 amide bonds. The highest BCUT2D eigenvalue weighted by Crippen LogP contribution is 2.38. The van der Waals surface area contributed by atoms with Gasteiger partial charge in [-0.1, -0.05) is 18.2 Å². The normalized spacial score (nSPS) is 15.1. The number of rotatable bonds is 6. The number of carbonyl (C=O) groups is 1. The largest absolute Gasteiger partial charge is 0.492 e. The summed E-state index contributed by atoms with van der Waals surface area (Å²) in [4.78, 5) is 11.0. The van der Waals surface area contributed by atoms with Crippen molar-refractivity contribution in [1.82, 2.24) is 4.57 Å². The summed E-state index contributed by atoms with van der Waals surface area (Å²) in [5.74, 6) is 0.533. The Kier molecular flexibility index (Phi) is 4.82. The molecule has 1 unspecified atom stereocenters. The van der Waals surface area contributed by atoms with Gasteiger partial charge in [-0.15, -0.1) is 0 Å². The molecule has 0 fully saturated rings. The molecule has 1 aromatic heterocycles. The second-order valence-electron chi connectivity index (χ2n) is 7.22. The second-order valence-corrected chi connectivity index (χ2v) is 7.22. The first-order chi connectivity index (χ1) is 13.5. The first-order valence-electron chi connectivity index (χ1n) is 9.37. The van der Waals surface area contributed by atoms with Crippen LogP contribution in [0.1, 0.15) is 34.9 Å². The third kappa shape index (κ3) is 3.60. The van der Waals surface area contributed by atoms with Crippen molar-refractivity contribution in [2.24, 2.45) is 0 Å². The van der Waals surface area contributed by atoms with Gasteiger partial charge in [-0.2, -0.15) is 0 Å². The molecule has 1 N–H and O–H groups in total. The first-order valence-corrected chi connectivity index (χ1v) is 9.37. The summed E-state index contributed by atoms with van der Waals surface area (Å²) >= 11 is 0. The molecule has 28 heavy (non-hydrogen) atoms. The molecule has 3 aromatic rings.